The number of hydrogen-bond acceptors (Lipinski definition) is 2. The number of pyridine rings is 1. The van der Waals surface area contributed by atoms with Crippen LogP contribution in [-0.4, -0.2) is 4.98 Å². The zero-order valence-electron chi connectivity index (χ0n) is 18.1. The molecule has 0 N–H and O–H groups in total. The second-order valence-corrected chi connectivity index (χ2v) is 9.02. The number of para-hydroxylation sites is 1. The lowest BCUT2D eigenvalue weighted by atomic mass is 9.87. The van der Waals surface area contributed by atoms with Crippen LogP contribution in [-0.2, 0) is 6.42 Å². The van der Waals surface area contributed by atoms with Gasteiger partial charge >= 0.3 is 0 Å². The number of furan rings is 1. The maximum atomic E-state index is 8.04. The predicted molar refractivity (Wildman–Crippen MR) is 122 cm³/mol. The maximum absolute atomic E-state index is 8.04. The fourth-order valence-corrected chi connectivity index (χ4v) is 4.13. The Morgan fingerprint density at radius 3 is 2.52 bits per heavy atom. The second-order valence-electron chi connectivity index (χ2n) is 9.02. The second kappa shape index (κ2) is 6.45. The Morgan fingerprint density at radius 1 is 0.897 bits per heavy atom. The number of aromatic nitrogens is 1. The van der Waals surface area contributed by atoms with E-state index in [-0.39, 0.29) is 12.3 Å². The van der Waals surface area contributed by atoms with E-state index in [4.69, 9.17) is 10.8 Å². The van der Waals surface area contributed by atoms with Crippen molar-refractivity contribution in [2.45, 2.75) is 34.1 Å². The van der Waals surface area contributed by atoms with Gasteiger partial charge in [-0.1, -0.05) is 63.2 Å². The summed E-state index contributed by atoms with van der Waals surface area (Å²) in [4.78, 5) is 4.78. The summed E-state index contributed by atoms with van der Waals surface area (Å²) in [6.45, 7) is 6.90. The number of nitrogens with zero attached hydrogens (tertiary/aromatic N) is 1. The van der Waals surface area contributed by atoms with Gasteiger partial charge < -0.3 is 4.42 Å². The minimum absolute atomic E-state index is 0.160. The first-order valence-corrected chi connectivity index (χ1v) is 10.0. The van der Waals surface area contributed by atoms with Crippen molar-refractivity contribution < 1.29 is 5.79 Å². The van der Waals surface area contributed by atoms with Gasteiger partial charge in [-0.2, -0.15) is 0 Å². The number of fused-ring (bicyclic) bond motifs is 5. The molecule has 2 heterocycles. The van der Waals surface area contributed by atoms with Crippen molar-refractivity contribution >= 4 is 32.7 Å². The molecule has 0 saturated carbocycles. The van der Waals surface area contributed by atoms with Gasteiger partial charge in [0, 0.05) is 29.3 Å². The van der Waals surface area contributed by atoms with Gasteiger partial charge in [-0.25, -0.2) is 0 Å². The highest BCUT2D eigenvalue weighted by atomic mass is 16.3. The molecule has 3 aromatic carbocycles. The van der Waals surface area contributed by atoms with Crippen LogP contribution in [0.5, 0.6) is 0 Å². The first-order chi connectivity index (χ1) is 14.4. The molecule has 0 spiro atoms. The summed E-state index contributed by atoms with van der Waals surface area (Å²) in [6, 6.07) is 20.9. The lowest BCUT2D eigenvalue weighted by molar-refractivity contribution is 0.410. The molecular weight excluding hydrogens is 354 g/mol. The molecule has 0 aliphatic carbocycles. The first-order valence-electron chi connectivity index (χ1n) is 10.8. The Morgan fingerprint density at radius 2 is 1.69 bits per heavy atom. The van der Waals surface area contributed by atoms with E-state index in [1.165, 1.54) is 5.39 Å². The molecule has 0 fully saturated rings. The fourth-order valence-electron chi connectivity index (χ4n) is 4.13. The smallest absolute Gasteiger partial charge is 0.144 e. The Bertz CT molecular complexity index is 1390. The zero-order valence-corrected chi connectivity index (χ0v) is 17.1. The van der Waals surface area contributed by atoms with Crippen molar-refractivity contribution in [3.8, 4) is 11.3 Å². The van der Waals surface area contributed by atoms with Crippen LogP contribution in [0.4, 0.5) is 0 Å². The third kappa shape index (κ3) is 3.09. The standard InChI is InChI=1S/C27H25NO/c1-17-14-24(28-16-19(17)15-27(2,3)4)23-11-7-10-21-22-13-12-18-8-5-6-9-20(18)25(22)29-26(21)23/h5-14,16H,15H2,1-4H3/i1D. The minimum Gasteiger partial charge on any atom is -0.455 e. The highest BCUT2D eigenvalue weighted by molar-refractivity contribution is 6.17. The van der Waals surface area contributed by atoms with Crippen molar-refractivity contribution in [2.75, 3.05) is 0 Å². The van der Waals surface area contributed by atoms with Gasteiger partial charge in [-0.15, -0.1) is 0 Å². The molecule has 29 heavy (non-hydrogen) atoms. The molecule has 0 unspecified atom stereocenters. The van der Waals surface area contributed by atoms with Gasteiger partial charge in [0.25, 0.3) is 0 Å². The van der Waals surface area contributed by atoms with Crippen LogP contribution in [0, 0.1) is 12.3 Å². The van der Waals surface area contributed by atoms with Crippen LogP contribution in [0.25, 0.3) is 44.0 Å². The van der Waals surface area contributed by atoms with Gasteiger partial charge in [-0.3, -0.25) is 4.98 Å². The highest BCUT2D eigenvalue weighted by Crippen LogP contribution is 2.38. The quantitative estimate of drug-likeness (QED) is 0.313. The Hall–Kier alpha value is -3.13. The van der Waals surface area contributed by atoms with Crippen molar-refractivity contribution in [1.82, 2.24) is 4.98 Å². The summed E-state index contributed by atoms with van der Waals surface area (Å²) in [5.74, 6) is 0. The maximum Gasteiger partial charge on any atom is 0.144 e. The highest BCUT2D eigenvalue weighted by Gasteiger charge is 2.17. The lowest BCUT2D eigenvalue weighted by Gasteiger charge is -2.19. The van der Waals surface area contributed by atoms with Crippen molar-refractivity contribution in [3.05, 3.63) is 78.0 Å². The minimum atomic E-state index is 0.160. The lowest BCUT2D eigenvalue weighted by Crippen LogP contribution is -2.10. The van der Waals surface area contributed by atoms with E-state index in [2.05, 4.69) is 69.3 Å². The van der Waals surface area contributed by atoms with Crippen LogP contribution >= 0.6 is 0 Å². The molecule has 0 bridgehead atoms. The molecule has 2 nitrogen and oxygen atoms in total. The van der Waals surface area contributed by atoms with Crippen molar-refractivity contribution in [2.24, 2.45) is 5.41 Å². The van der Waals surface area contributed by atoms with Crippen LogP contribution in [0.2, 0.25) is 0 Å². The molecule has 144 valence electrons. The normalized spacial score (nSPS) is 12.7. The summed E-state index contributed by atoms with van der Waals surface area (Å²) < 4.78 is 14.5. The SMILES string of the molecule is [2H]Cc1cc(-c2cccc3c2oc2c4ccccc4ccc32)ncc1CC(C)(C)C. The molecule has 0 atom stereocenters. The topological polar surface area (TPSA) is 26.0 Å². The van der Waals surface area contributed by atoms with Crippen LogP contribution in [0.3, 0.4) is 0 Å². The van der Waals surface area contributed by atoms with Crippen LogP contribution in [0.15, 0.2) is 71.3 Å². The van der Waals surface area contributed by atoms with E-state index in [0.29, 0.717) is 0 Å². The van der Waals surface area contributed by atoms with Gasteiger partial charge in [0.15, 0.2) is 0 Å². The van der Waals surface area contributed by atoms with E-state index in [0.717, 1.165) is 56.1 Å². The monoisotopic (exact) mass is 380 g/mol. The predicted octanol–water partition coefficient (Wildman–Crippen LogP) is 7.70. The van der Waals surface area contributed by atoms with Crippen LogP contribution < -0.4 is 0 Å². The molecule has 0 aliphatic heterocycles. The summed E-state index contributed by atoms with van der Waals surface area (Å²) >= 11 is 0. The molecular formula is C27H25NO. The average molecular weight is 381 g/mol. The Balaban J connectivity index is 1.72. The molecule has 0 amide bonds. The molecule has 2 heteroatoms. The zero-order chi connectivity index (χ0) is 20.9. The van der Waals surface area contributed by atoms with Crippen molar-refractivity contribution in [1.29, 1.82) is 0 Å². The number of benzene rings is 3. The third-order valence-corrected chi connectivity index (χ3v) is 5.47. The molecule has 5 rings (SSSR count). The van der Waals surface area contributed by atoms with E-state index in [1.807, 2.05) is 18.3 Å². The number of hydrogen-bond donors (Lipinski definition) is 0. The average Bonchev–Trinajstić information content (AvgIpc) is 3.12. The summed E-state index contributed by atoms with van der Waals surface area (Å²) in [7, 11) is 0. The number of rotatable bonds is 2. The Labute approximate surface area is 172 Å². The largest absolute Gasteiger partial charge is 0.455 e. The molecule has 0 aliphatic rings. The first kappa shape index (κ1) is 16.8. The van der Waals surface area contributed by atoms with E-state index >= 15 is 0 Å². The molecule has 0 radical (unpaired) electrons. The van der Waals surface area contributed by atoms with Gasteiger partial charge in [-0.05, 0) is 53.4 Å². The summed E-state index contributed by atoms with van der Waals surface area (Å²) in [5, 5.41) is 4.51. The molecule has 0 saturated heterocycles. The van der Waals surface area contributed by atoms with Crippen molar-refractivity contribution in [3.63, 3.8) is 0 Å². The van der Waals surface area contributed by atoms with Gasteiger partial charge in [0.1, 0.15) is 11.2 Å². The number of aryl methyl sites for hydroxylation is 1. The Kier molecular flexibility index (Phi) is 3.73. The van der Waals surface area contributed by atoms with E-state index < -0.39 is 0 Å². The fraction of sp³-hybridized carbons (Fsp3) is 0.222. The molecule has 5 aromatic rings. The van der Waals surface area contributed by atoms with Crippen LogP contribution in [0.1, 0.15) is 33.3 Å². The van der Waals surface area contributed by atoms with Gasteiger partial charge in [0.05, 0.1) is 5.69 Å². The third-order valence-electron chi connectivity index (χ3n) is 5.47. The summed E-state index contributed by atoms with van der Waals surface area (Å²) in [5.41, 5.74) is 5.97. The molecule has 2 aromatic heterocycles. The summed E-state index contributed by atoms with van der Waals surface area (Å²) in [6.07, 6.45) is 2.86. The van der Waals surface area contributed by atoms with E-state index in [9.17, 15) is 0 Å². The van der Waals surface area contributed by atoms with Gasteiger partial charge in [0.2, 0.25) is 0 Å². The van der Waals surface area contributed by atoms with E-state index in [1.54, 1.807) is 0 Å².